The number of amides is 1. The molecule has 2 heterocycles. The molecule has 1 aliphatic carbocycles. The third-order valence-electron chi connectivity index (χ3n) is 4.57. The summed E-state index contributed by atoms with van der Waals surface area (Å²) in [7, 11) is 0. The molecular formula is C18H19ClN2OS. The predicted octanol–water partition coefficient (Wildman–Crippen LogP) is 3.78. The van der Waals surface area contributed by atoms with Crippen molar-refractivity contribution in [1.82, 2.24) is 10.2 Å². The minimum absolute atomic E-state index is 0.0827. The van der Waals surface area contributed by atoms with Gasteiger partial charge in [-0.1, -0.05) is 29.8 Å². The van der Waals surface area contributed by atoms with Crippen molar-refractivity contribution in [3.05, 3.63) is 56.7 Å². The van der Waals surface area contributed by atoms with E-state index >= 15 is 0 Å². The van der Waals surface area contributed by atoms with Gasteiger partial charge in [-0.25, -0.2) is 0 Å². The smallest absolute Gasteiger partial charge is 0.242 e. The van der Waals surface area contributed by atoms with Gasteiger partial charge in [0.05, 0.1) is 0 Å². The first-order valence-corrected chi connectivity index (χ1v) is 9.32. The summed E-state index contributed by atoms with van der Waals surface area (Å²) < 4.78 is 0. The van der Waals surface area contributed by atoms with Crippen molar-refractivity contribution in [1.29, 1.82) is 0 Å². The minimum atomic E-state index is -0.308. The van der Waals surface area contributed by atoms with E-state index in [0.29, 0.717) is 11.1 Å². The summed E-state index contributed by atoms with van der Waals surface area (Å²) in [6.07, 6.45) is 3.19. The summed E-state index contributed by atoms with van der Waals surface area (Å²) >= 11 is 8.22. The molecule has 0 spiro atoms. The molecule has 1 N–H and O–H groups in total. The number of fused-ring (bicyclic) bond motifs is 1. The van der Waals surface area contributed by atoms with Crippen molar-refractivity contribution >= 4 is 28.8 Å². The highest BCUT2D eigenvalue weighted by atomic mass is 35.5. The van der Waals surface area contributed by atoms with Gasteiger partial charge in [0.25, 0.3) is 0 Å². The van der Waals surface area contributed by atoms with Gasteiger partial charge >= 0.3 is 0 Å². The van der Waals surface area contributed by atoms with Crippen molar-refractivity contribution < 1.29 is 4.79 Å². The predicted molar refractivity (Wildman–Crippen MR) is 93.8 cm³/mol. The standard InChI is InChI=1S/C18H19ClN2OS/c19-15-4-2-1-3-14(15)17(18(22)20-13-5-6-13)21-9-7-16-12(11-21)8-10-23-16/h1-4,8,10,13,17H,5-7,9,11H2,(H,20,22). The number of nitrogens with one attached hydrogen (secondary N) is 1. The van der Waals surface area contributed by atoms with Crippen LogP contribution in [0.15, 0.2) is 35.7 Å². The Morgan fingerprint density at radius 3 is 2.91 bits per heavy atom. The highest BCUT2D eigenvalue weighted by Gasteiger charge is 2.34. The Morgan fingerprint density at radius 1 is 1.30 bits per heavy atom. The fourth-order valence-electron chi connectivity index (χ4n) is 3.20. The molecule has 23 heavy (non-hydrogen) atoms. The van der Waals surface area contributed by atoms with Gasteiger partial charge in [0, 0.05) is 29.0 Å². The molecule has 5 heteroatoms. The summed E-state index contributed by atoms with van der Waals surface area (Å²) in [6, 6.07) is 9.94. The van der Waals surface area contributed by atoms with Crippen molar-refractivity contribution in [2.45, 2.75) is 37.9 Å². The van der Waals surface area contributed by atoms with Gasteiger partial charge in [0.15, 0.2) is 0 Å². The molecule has 0 radical (unpaired) electrons. The first kappa shape index (κ1) is 15.2. The Hall–Kier alpha value is -1.36. The summed E-state index contributed by atoms with van der Waals surface area (Å²) in [6.45, 7) is 1.70. The van der Waals surface area contributed by atoms with Crippen LogP contribution in [0.1, 0.15) is 34.9 Å². The van der Waals surface area contributed by atoms with E-state index in [9.17, 15) is 4.79 Å². The Balaban J connectivity index is 1.65. The van der Waals surface area contributed by atoms with Crippen LogP contribution in [0.5, 0.6) is 0 Å². The van der Waals surface area contributed by atoms with E-state index in [2.05, 4.69) is 21.7 Å². The van der Waals surface area contributed by atoms with Crippen LogP contribution in [-0.2, 0) is 17.8 Å². The lowest BCUT2D eigenvalue weighted by atomic mass is 10.0. The number of rotatable bonds is 4. The van der Waals surface area contributed by atoms with Gasteiger partial charge in [-0.2, -0.15) is 0 Å². The van der Waals surface area contributed by atoms with E-state index in [-0.39, 0.29) is 11.9 Å². The molecule has 1 atom stereocenters. The monoisotopic (exact) mass is 346 g/mol. The molecule has 1 aromatic carbocycles. The minimum Gasteiger partial charge on any atom is -0.352 e. The maximum absolute atomic E-state index is 12.9. The Labute approximate surface area is 145 Å². The van der Waals surface area contributed by atoms with Crippen LogP contribution in [0.25, 0.3) is 0 Å². The van der Waals surface area contributed by atoms with Crippen molar-refractivity contribution in [2.75, 3.05) is 6.54 Å². The highest BCUT2D eigenvalue weighted by Crippen LogP contribution is 2.34. The lowest BCUT2D eigenvalue weighted by Gasteiger charge is -2.34. The molecule has 1 amide bonds. The molecular weight excluding hydrogens is 328 g/mol. The highest BCUT2D eigenvalue weighted by molar-refractivity contribution is 7.10. The molecule has 0 bridgehead atoms. The van der Waals surface area contributed by atoms with E-state index in [4.69, 9.17) is 11.6 Å². The van der Waals surface area contributed by atoms with Crippen molar-refractivity contribution in [3.8, 4) is 0 Å². The molecule has 3 nitrogen and oxygen atoms in total. The Morgan fingerprint density at radius 2 is 2.13 bits per heavy atom. The summed E-state index contributed by atoms with van der Waals surface area (Å²) in [5, 5.41) is 5.97. The number of hydrogen-bond acceptors (Lipinski definition) is 3. The Bertz CT molecular complexity index is 725. The second kappa shape index (κ2) is 6.27. The number of halogens is 1. The first-order valence-electron chi connectivity index (χ1n) is 8.06. The molecule has 120 valence electrons. The zero-order valence-electron chi connectivity index (χ0n) is 12.8. The fraction of sp³-hybridized carbons (Fsp3) is 0.389. The molecule has 1 aromatic heterocycles. The maximum Gasteiger partial charge on any atom is 0.242 e. The van der Waals surface area contributed by atoms with Gasteiger partial charge in [0.2, 0.25) is 5.91 Å². The van der Waals surface area contributed by atoms with Crippen molar-refractivity contribution in [3.63, 3.8) is 0 Å². The molecule has 1 unspecified atom stereocenters. The molecule has 4 rings (SSSR count). The zero-order valence-corrected chi connectivity index (χ0v) is 14.4. The van der Waals surface area contributed by atoms with Gasteiger partial charge in [-0.3, -0.25) is 9.69 Å². The average molecular weight is 347 g/mol. The van der Waals surface area contributed by atoms with E-state index in [1.54, 1.807) is 0 Å². The number of carbonyl (C=O) groups excluding carboxylic acids is 1. The lowest BCUT2D eigenvalue weighted by molar-refractivity contribution is -0.127. The van der Waals surface area contributed by atoms with Crippen LogP contribution in [0.2, 0.25) is 5.02 Å². The van der Waals surface area contributed by atoms with Crippen LogP contribution >= 0.6 is 22.9 Å². The fourth-order valence-corrected chi connectivity index (χ4v) is 4.33. The van der Waals surface area contributed by atoms with Crippen LogP contribution in [0.4, 0.5) is 0 Å². The van der Waals surface area contributed by atoms with E-state index < -0.39 is 0 Å². The molecule has 1 fully saturated rings. The number of nitrogens with zero attached hydrogens (tertiary/aromatic N) is 1. The topological polar surface area (TPSA) is 32.3 Å². The normalized spacial score (nSPS) is 19.2. The summed E-state index contributed by atoms with van der Waals surface area (Å²) in [5.74, 6) is 0.0827. The SMILES string of the molecule is O=C(NC1CC1)C(c1ccccc1Cl)N1CCc2sccc2C1. The molecule has 2 aliphatic rings. The second-order valence-electron chi connectivity index (χ2n) is 6.30. The number of benzene rings is 1. The van der Waals surface area contributed by atoms with Crippen LogP contribution in [-0.4, -0.2) is 23.4 Å². The van der Waals surface area contributed by atoms with E-state index in [1.165, 1.54) is 10.4 Å². The lowest BCUT2D eigenvalue weighted by Crippen LogP contribution is -2.43. The maximum atomic E-state index is 12.9. The molecule has 2 aromatic rings. The molecule has 0 saturated heterocycles. The van der Waals surface area contributed by atoms with Crippen LogP contribution in [0, 0.1) is 0 Å². The van der Waals surface area contributed by atoms with E-state index in [0.717, 1.165) is 37.9 Å². The number of hydrogen-bond donors (Lipinski definition) is 1. The molecule has 1 aliphatic heterocycles. The van der Waals surface area contributed by atoms with Gasteiger partial charge in [-0.05, 0) is 47.9 Å². The summed E-state index contributed by atoms with van der Waals surface area (Å²) in [4.78, 5) is 16.6. The second-order valence-corrected chi connectivity index (χ2v) is 7.70. The quantitative estimate of drug-likeness (QED) is 0.913. The summed E-state index contributed by atoms with van der Waals surface area (Å²) in [5.41, 5.74) is 2.25. The average Bonchev–Trinajstić information content (AvgIpc) is 3.23. The van der Waals surface area contributed by atoms with Gasteiger partial charge in [-0.15, -0.1) is 11.3 Å². The third-order valence-corrected chi connectivity index (χ3v) is 5.94. The van der Waals surface area contributed by atoms with Crippen LogP contribution in [0.3, 0.4) is 0 Å². The third kappa shape index (κ3) is 3.16. The Kier molecular flexibility index (Phi) is 4.14. The first-order chi connectivity index (χ1) is 11.2. The number of carbonyl (C=O) groups is 1. The van der Waals surface area contributed by atoms with Crippen LogP contribution < -0.4 is 5.32 Å². The zero-order chi connectivity index (χ0) is 15.8. The van der Waals surface area contributed by atoms with E-state index in [1.807, 2.05) is 35.6 Å². The van der Waals surface area contributed by atoms with Gasteiger partial charge < -0.3 is 5.32 Å². The molecule has 1 saturated carbocycles. The largest absolute Gasteiger partial charge is 0.352 e. The van der Waals surface area contributed by atoms with Crippen molar-refractivity contribution in [2.24, 2.45) is 0 Å². The number of thiophene rings is 1. The van der Waals surface area contributed by atoms with Gasteiger partial charge in [0.1, 0.15) is 6.04 Å².